The van der Waals surface area contributed by atoms with Crippen molar-refractivity contribution in [3.63, 3.8) is 0 Å². The van der Waals surface area contributed by atoms with Gasteiger partial charge in [0.25, 0.3) is 0 Å². The van der Waals surface area contributed by atoms with Crippen LogP contribution in [0.4, 0.5) is 0 Å². The summed E-state index contributed by atoms with van der Waals surface area (Å²) in [4.78, 5) is 0. The first-order chi connectivity index (χ1) is 27.6. The largest absolute Gasteiger partial charge is 0.147 e. The average molecular weight is 1130 g/mol. The molecule has 0 atom stereocenters. The molecule has 0 nitrogen and oxygen atoms in total. The van der Waals surface area contributed by atoms with E-state index in [-0.39, 0.29) is 24.8 Å². The van der Waals surface area contributed by atoms with Crippen LogP contribution < -0.4 is 0 Å². The summed E-state index contributed by atoms with van der Waals surface area (Å²) in [5, 5.41) is 0. The molecule has 4 aliphatic rings. The van der Waals surface area contributed by atoms with E-state index >= 15 is 0 Å². The Bertz CT molecular complexity index is 2100. The molecular weight excluding hydrogens is 1080 g/mol. The summed E-state index contributed by atoms with van der Waals surface area (Å²) in [5.41, 5.74) is 12.2. The van der Waals surface area contributed by atoms with Gasteiger partial charge in [0.1, 0.15) is 0 Å². The first-order valence-corrected chi connectivity index (χ1v) is 31.7. The number of halogens is 2. The van der Waals surface area contributed by atoms with E-state index in [0.29, 0.717) is 0 Å². The van der Waals surface area contributed by atoms with E-state index in [0.717, 1.165) is 25.7 Å². The molecule has 0 aromatic heterocycles. The van der Waals surface area contributed by atoms with Crippen LogP contribution in [0.25, 0.3) is 0 Å². The molecule has 0 aliphatic heterocycles. The predicted molar refractivity (Wildman–Crippen MR) is 251 cm³/mol. The van der Waals surface area contributed by atoms with Crippen LogP contribution in [0.1, 0.15) is 101 Å². The van der Waals surface area contributed by atoms with E-state index in [2.05, 4.69) is 198 Å². The summed E-state index contributed by atoms with van der Waals surface area (Å²) < 4.78 is 10.3. The summed E-state index contributed by atoms with van der Waals surface area (Å²) >= 11 is -4.89. The van der Waals surface area contributed by atoms with Gasteiger partial charge in [-0.15, -0.1) is 24.8 Å². The topological polar surface area (TPSA) is 0 Å². The molecule has 0 amide bonds. The predicted octanol–water partition coefficient (Wildman–Crippen LogP) is 15.1. The Labute approximate surface area is 376 Å². The third-order valence-electron chi connectivity index (χ3n) is 11.6. The van der Waals surface area contributed by atoms with Crippen LogP contribution in [-0.4, -0.2) is 6.51 Å². The Kier molecular flexibility index (Phi) is 18.2. The number of rotatable bonds is 12. The zero-order valence-corrected chi connectivity index (χ0v) is 43.5. The first kappa shape index (κ1) is 45.9. The molecule has 4 aromatic carbocycles. The van der Waals surface area contributed by atoms with Crippen LogP contribution in [0, 0.1) is 0 Å². The fourth-order valence-electron chi connectivity index (χ4n) is 8.79. The third kappa shape index (κ3) is 10.8. The summed E-state index contributed by atoms with van der Waals surface area (Å²) in [6.45, 7) is 9.26. The number of benzene rings is 4. The normalized spacial score (nSPS) is 15.1. The smallest absolute Gasteiger partial charge is 0.147 e. The molecule has 8 rings (SSSR count). The number of hydrogen-bond donors (Lipinski definition) is 0. The zero-order valence-electron chi connectivity index (χ0n) is 34.6. The third-order valence-corrected chi connectivity index (χ3v) is 33.5. The Morgan fingerprint density at radius 1 is 0.414 bits per heavy atom. The molecule has 0 spiro atoms. The van der Waals surface area contributed by atoms with Crippen molar-refractivity contribution in [2.45, 2.75) is 79.1 Å². The molecule has 0 bridgehead atoms. The second-order valence-corrected chi connectivity index (χ2v) is 33.2. The molecule has 58 heavy (non-hydrogen) atoms. The fourth-order valence-corrected chi connectivity index (χ4v) is 32.2. The van der Waals surface area contributed by atoms with Crippen LogP contribution in [0.3, 0.4) is 0 Å². The van der Waals surface area contributed by atoms with Crippen LogP contribution >= 0.6 is 24.8 Å². The van der Waals surface area contributed by atoms with Crippen molar-refractivity contribution in [1.82, 2.24) is 0 Å². The van der Waals surface area contributed by atoms with Crippen molar-refractivity contribution >= 4 is 31.3 Å². The van der Waals surface area contributed by atoms with E-state index in [9.17, 15) is 0 Å². The molecule has 296 valence electrons. The fraction of sp³-hybridized carbons (Fsp3) is 0.222. The molecule has 4 aliphatic carbocycles. The van der Waals surface area contributed by atoms with Crippen molar-refractivity contribution in [1.29, 1.82) is 0 Å². The summed E-state index contributed by atoms with van der Waals surface area (Å²) in [5.74, 6) is 0. The Morgan fingerprint density at radius 3 is 0.948 bits per heavy atom. The van der Waals surface area contributed by atoms with Gasteiger partial charge in [-0.25, -0.2) is 0 Å². The van der Waals surface area contributed by atoms with Gasteiger partial charge >= 0.3 is 355 Å². The minimum Gasteiger partial charge on any atom is -0.147 e. The van der Waals surface area contributed by atoms with Crippen LogP contribution in [0.15, 0.2) is 206 Å². The molecular formula is C54H58Cl2Hf2. The molecule has 0 radical (unpaired) electrons. The van der Waals surface area contributed by atoms with Crippen molar-refractivity contribution in [3.05, 3.63) is 228 Å². The molecule has 0 fully saturated rings. The van der Waals surface area contributed by atoms with Crippen LogP contribution in [0.2, 0.25) is 0 Å². The standard InChI is InChI=1S/2C13H10.2C9H13.2C5H5.2ClH.2Hf/c2*1-3-7-12(8-4-1)11-13-9-5-2-6-10-13;2*1-3-8-6-5-7-9(8)4-2;2*1-2-4-5-3-1;;;;/h2*1-10H;2*6H,3-4,7H2,1-2H3;2*1-3H,4H2;2*1H;;. The Hall–Kier alpha value is -3.14. The van der Waals surface area contributed by atoms with Gasteiger partial charge in [-0.3, -0.25) is 0 Å². The van der Waals surface area contributed by atoms with Gasteiger partial charge in [0.05, 0.1) is 0 Å². The van der Waals surface area contributed by atoms with E-state index in [1.165, 1.54) is 47.9 Å². The number of hydrogen-bond acceptors (Lipinski definition) is 0. The monoisotopic (exact) mass is 1140 g/mol. The molecule has 0 saturated carbocycles. The summed E-state index contributed by atoms with van der Waals surface area (Å²) in [6.07, 6.45) is 28.7. The molecule has 0 unspecified atom stereocenters. The van der Waals surface area contributed by atoms with Crippen molar-refractivity contribution in [2.24, 2.45) is 0 Å². The number of allylic oxidation sites excluding steroid dienone is 16. The Morgan fingerprint density at radius 2 is 0.724 bits per heavy atom. The van der Waals surface area contributed by atoms with Crippen molar-refractivity contribution in [2.75, 3.05) is 0 Å². The molecule has 0 saturated heterocycles. The van der Waals surface area contributed by atoms with E-state index < -0.39 is 41.9 Å². The molecule has 4 heteroatoms. The van der Waals surface area contributed by atoms with Crippen LogP contribution in [-0.2, 0) is 41.9 Å². The minimum atomic E-state index is -2.45. The van der Waals surface area contributed by atoms with Gasteiger partial charge in [0, 0.05) is 0 Å². The SMILES string of the molecule is CCC1=C(CC)C[C]([Hf]([C]2=CC=CC2)=[C](c2ccccc2)c2ccccc2)=C1.CCC1=C(CC)C[C]([Hf]([C]2=CC=CC2)=[C](c2ccccc2)c2ccccc2)=C1.Cl.Cl. The van der Waals surface area contributed by atoms with Gasteiger partial charge in [0.2, 0.25) is 0 Å². The van der Waals surface area contributed by atoms with Gasteiger partial charge < -0.3 is 0 Å². The molecule has 4 aromatic rings. The summed E-state index contributed by atoms with van der Waals surface area (Å²) in [6, 6.07) is 44.6. The minimum absolute atomic E-state index is 0. The summed E-state index contributed by atoms with van der Waals surface area (Å²) in [7, 11) is 0. The Balaban J connectivity index is 0.000000214. The second-order valence-electron chi connectivity index (χ2n) is 15.0. The van der Waals surface area contributed by atoms with Gasteiger partial charge in [-0.2, -0.15) is 0 Å². The second kappa shape index (κ2) is 23.0. The van der Waals surface area contributed by atoms with E-state index in [1.54, 1.807) is 42.1 Å². The van der Waals surface area contributed by atoms with Crippen LogP contribution in [0.5, 0.6) is 0 Å². The van der Waals surface area contributed by atoms with E-state index in [4.69, 9.17) is 0 Å². The quantitative estimate of drug-likeness (QED) is 0.124. The molecule has 0 heterocycles. The van der Waals surface area contributed by atoms with Crippen molar-refractivity contribution < 1.29 is 41.9 Å². The van der Waals surface area contributed by atoms with E-state index in [1.807, 2.05) is 0 Å². The molecule has 0 N–H and O–H groups in total. The zero-order chi connectivity index (χ0) is 38.7. The average Bonchev–Trinajstić information content (AvgIpc) is 4.11. The van der Waals surface area contributed by atoms with Gasteiger partial charge in [-0.1, -0.05) is 0 Å². The maximum absolute atomic E-state index is 2.60. The first-order valence-electron chi connectivity index (χ1n) is 20.9. The van der Waals surface area contributed by atoms with Gasteiger partial charge in [-0.05, 0) is 0 Å². The maximum Gasteiger partial charge on any atom is -0.147 e. The maximum atomic E-state index is 2.60. The van der Waals surface area contributed by atoms with Gasteiger partial charge in [0.15, 0.2) is 0 Å². The van der Waals surface area contributed by atoms with Crippen molar-refractivity contribution in [3.8, 4) is 0 Å².